The third-order valence-electron chi connectivity index (χ3n) is 5.02. The SMILES string of the molecule is CC(C)(C)OC(=O)N1C[C@H](NS(=O)(=O)c2ccc(OC(F)(F)F)cc2)[C@H](c2ccc(Cl)c(Cl)c2)C1. The highest BCUT2D eigenvalue weighted by atomic mass is 35.5. The number of carbonyl (C=O) groups is 1. The lowest BCUT2D eigenvalue weighted by Gasteiger charge is -2.24. The van der Waals surface area contributed by atoms with Crippen molar-refractivity contribution in [3.8, 4) is 5.75 Å². The minimum Gasteiger partial charge on any atom is -0.444 e. The standard InChI is InChI=1S/C22H23Cl2F3N2O5S/c1-21(2,3)34-20(30)29-11-16(13-4-9-17(23)18(24)10-13)19(12-29)28-35(31,32)15-7-5-14(6-8-15)33-22(25,26)27/h4-10,16,19,28H,11-12H2,1-3H3/t16-,19-/m0/s1. The Morgan fingerprint density at radius 3 is 2.20 bits per heavy atom. The lowest BCUT2D eigenvalue weighted by atomic mass is 9.95. The van der Waals surface area contributed by atoms with Crippen LogP contribution in [0.25, 0.3) is 0 Å². The van der Waals surface area contributed by atoms with E-state index in [0.717, 1.165) is 24.3 Å². The maximum absolute atomic E-state index is 13.0. The van der Waals surface area contributed by atoms with Gasteiger partial charge in [-0.2, -0.15) is 0 Å². The van der Waals surface area contributed by atoms with Crippen LogP contribution in [0.5, 0.6) is 5.75 Å². The van der Waals surface area contributed by atoms with Crippen molar-refractivity contribution >= 4 is 39.3 Å². The van der Waals surface area contributed by atoms with E-state index in [1.807, 2.05) is 0 Å². The summed E-state index contributed by atoms with van der Waals surface area (Å²) < 4.78 is 75.0. The van der Waals surface area contributed by atoms with Gasteiger partial charge in [-0.05, 0) is 62.7 Å². The van der Waals surface area contributed by atoms with E-state index in [9.17, 15) is 26.4 Å². The van der Waals surface area contributed by atoms with Crippen LogP contribution in [0.3, 0.4) is 0 Å². The van der Waals surface area contributed by atoms with Gasteiger partial charge in [0.2, 0.25) is 10.0 Å². The van der Waals surface area contributed by atoms with Gasteiger partial charge in [0.25, 0.3) is 0 Å². The molecule has 2 aromatic rings. The number of halogens is 5. The van der Waals surface area contributed by atoms with Crippen molar-refractivity contribution in [2.75, 3.05) is 13.1 Å². The van der Waals surface area contributed by atoms with Crippen LogP contribution in [0.2, 0.25) is 10.0 Å². The van der Waals surface area contributed by atoms with Crippen molar-refractivity contribution in [3.63, 3.8) is 0 Å². The largest absolute Gasteiger partial charge is 0.573 e. The molecule has 0 bridgehead atoms. The number of hydrogen-bond acceptors (Lipinski definition) is 5. The summed E-state index contributed by atoms with van der Waals surface area (Å²) in [6.07, 6.45) is -5.52. The Morgan fingerprint density at radius 2 is 1.66 bits per heavy atom. The quantitative estimate of drug-likeness (QED) is 0.522. The number of hydrogen-bond donors (Lipinski definition) is 1. The van der Waals surface area contributed by atoms with E-state index in [2.05, 4.69) is 9.46 Å². The van der Waals surface area contributed by atoms with Crippen LogP contribution in [0.15, 0.2) is 47.4 Å². The molecule has 1 fully saturated rings. The van der Waals surface area contributed by atoms with Gasteiger partial charge in [-0.15, -0.1) is 13.2 Å². The van der Waals surface area contributed by atoms with Crippen LogP contribution in [0.1, 0.15) is 32.3 Å². The van der Waals surface area contributed by atoms with E-state index in [1.165, 1.54) is 4.90 Å². The van der Waals surface area contributed by atoms with Gasteiger partial charge in [-0.3, -0.25) is 0 Å². The van der Waals surface area contributed by atoms with Crippen molar-refractivity contribution in [1.29, 1.82) is 0 Å². The highest BCUT2D eigenvalue weighted by Gasteiger charge is 2.40. The zero-order valence-electron chi connectivity index (χ0n) is 18.9. The number of rotatable bonds is 5. The van der Waals surface area contributed by atoms with Gasteiger partial charge in [-0.1, -0.05) is 29.3 Å². The second-order valence-corrected chi connectivity index (χ2v) is 11.4. The van der Waals surface area contributed by atoms with Crippen molar-refractivity contribution in [2.45, 2.75) is 49.6 Å². The predicted octanol–water partition coefficient (Wildman–Crippen LogP) is 5.57. The Labute approximate surface area is 211 Å². The van der Waals surface area contributed by atoms with Crippen LogP contribution in [0.4, 0.5) is 18.0 Å². The van der Waals surface area contributed by atoms with E-state index in [4.69, 9.17) is 27.9 Å². The minimum atomic E-state index is -4.90. The second kappa shape index (κ2) is 10.0. The van der Waals surface area contributed by atoms with Crippen molar-refractivity contribution in [1.82, 2.24) is 9.62 Å². The van der Waals surface area contributed by atoms with Gasteiger partial charge >= 0.3 is 12.5 Å². The van der Waals surface area contributed by atoms with Gasteiger partial charge in [0, 0.05) is 25.0 Å². The lowest BCUT2D eigenvalue weighted by Crippen LogP contribution is -2.41. The van der Waals surface area contributed by atoms with Gasteiger partial charge in [0.15, 0.2) is 0 Å². The Bertz CT molecular complexity index is 1190. The monoisotopic (exact) mass is 554 g/mol. The van der Waals surface area contributed by atoms with Gasteiger partial charge in [0.05, 0.1) is 14.9 Å². The van der Waals surface area contributed by atoms with E-state index >= 15 is 0 Å². The molecule has 1 aliphatic rings. The summed E-state index contributed by atoms with van der Waals surface area (Å²) in [5.41, 5.74) is -0.111. The van der Waals surface area contributed by atoms with Gasteiger partial charge in [0.1, 0.15) is 11.4 Å². The van der Waals surface area contributed by atoms with Crippen molar-refractivity contribution in [2.24, 2.45) is 0 Å². The Morgan fingerprint density at radius 1 is 1.03 bits per heavy atom. The number of nitrogens with zero attached hydrogens (tertiary/aromatic N) is 1. The number of nitrogens with one attached hydrogen (secondary N) is 1. The maximum Gasteiger partial charge on any atom is 0.573 e. The summed E-state index contributed by atoms with van der Waals surface area (Å²) in [7, 11) is -4.17. The molecule has 2 aromatic carbocycles. The van der Waals surface area contributed by atoms with Gasteiger partial charge < -0.3 is 14.4 Å². The van der Waals surface area contributed by atoms with Crippen LogP contribution in [-0.4, -0.2) is 50.5 Å². The molecule has 1 amide bonds. The fourth-order valence-corrected chi connectivity index (χ4v) is 5.14. The first-order chi connectivity index (χ1) is 16.0. The fourth-order valence-electron chi connectivity index (χ4n) is 3.57. The molecule has 1 heterocycles. The molecule has 0 saturated carbocycles. The molecular weight excluding hydrogens is 532 g/mol. The summed E-state index contributed by atoms with van der Waals surface area (Å²) >= 11 is 12.2. The van der Waals surface area contributed by atoms with Crippen LogP contribution in [-0.2, 0) is 14.8 Å². The molecular formula is C22H23Cl2F3N2O5S. The van der Waals surface area contributed by atoms with Crippen molar-refractivity contribution in [3.05, 3.63) is 58.1 Å². The molecule has 1 aliphatic heterocycles. The highest BCUT2D eigenvalue weighted by Crippen LogP contribution is 2.34. The highest BCUT2D eigenvalue weighted by molar-refractivity contribution is 7.89. The molecule has 192 valence electrons. The zero-order chi connectivity index (χ0) is 26.2. The van der Waals surface area contributed by atoms with E-state index in [-0.39, 0.29) is 23.0 Å². The zero-order valence-corrected chi connectivity index (χ0v) is 21.2. The van der Waals surface area contributed by atoms with Crippen LogP contribution in [0, 0.1) is 0 Å². The molecule has 0 aromatic heterocycles. The molecule has 3 rings (SSSR count). The van der Waals surface area contributed by atoms with Crippen LogP contribution < -0.4 is 9.46 Å². The average molecular weight is 555 g/mol. The Balaban J connectivity index is 1.86. The number of likely N-dealkylation sites (tertiary alicyclic amines) is 1. The molecule has 1 saturated heterocycles. The normalized spacial score (nSPS) is 19.0. The summed E-state index contributed by atoms with van der Waals surface area (Å²) in [5, 5.41) is 0.581. The Kier molecular flexibility index (Phi) is 7.85. The first-order valence-electron chi connectivity index (χ1n) is 10.3. The van der Waals surface area contributed by atoms with E-state index in [1.54, 1.807) is 39.0 Å². The maximum atomic E-state index is 13.0. The second-order valence-electron chi connectivity index (χ2n) is 8.91. The molecule has 13 heteroatoms. The fraction of sp³-hybridized carbons (Fsp3) is 0.409. The predicted molar refractivity (Wildman–Crippen MR) is 124 cm³/mol. The number of carbonyl (C=O) groups excluding carboxylic acids is 1. The van der Waals surface area contributed by atoms with Crippen molar-refractivity contribution < 1.29 is 35.9 Å². The number of alkyl halides is 3. The van der Waals surface area contributed by atoms with E-state index in [0.29, 0.717) is 10.6 Å². The number of sulfonamides is 1. The summed E-state index contributed by atoms with van der Waals surface area (Å²) in [6, 6.07) is 7.87. The average Bonchev–Trinajstić information content (AvgIpc) is 3.11. The number of benzene rings is 2. The summed E-state index contributed by atoms with van der Waals surface area (Å²) in [6.45, 7) is 5.27. The molecule has 2 atom stereocenters. The number of amides is 1. The number of ether oxygens (including phenoxy) is 2. The minimum absolute atomic E-state index is 0.00563. The smallest absolute Gasteiger partial charge is 0.444 e. The van der Waals surface area contributed by atoms with Crippen LogP contribution >= 0.6 is 23.2 Å². The van der Waals surface area contributed by atoms with Gasteiger partial charge in [-0.25, -0.2) is 17.9 Å². The molecule has 35 heavy (non-hydrogen) atoms. The molecule has 0 spiro atoms. The Hall–Kier alpha value is -2.21. The van der Waals surface area contributed by atoms with E-state index < -0.39 is 45.8 Å². The molecule has 0 aliphatic carbocycles. The first-order valence-corrected chi connectivity index (χ1v) is 12.6. The topological polar surface area (TPSA) is 84.9 Å². The molecule has 0 radical (unpaired) electrons. The molecule has 7 nitrogen and oxygen atoms in total. The molecule has 1 N–H and O–H groups in total. The first kappa shape index (κ1) is 27.4. The third-order valence-corrected chi connectivity index (χ3v) is 7.26. The molecule has 0 unspecified atom stereocenters. The third kappa shape index (κ3) is 7.39. The lowest BCUT2D eigenvalue weighted by molar-refractivity contribution is -0.274. The summed E-state index contributed by atoms with van der Waals surface area (Å²) in [5.74, 6) is -1.05. The summed E-state index contributed by atoms with van der Waals surface area (Å²) in [4.78, 5) is 13.8.